The van der Waals surface area contributed by atoms with Crippen LogP contribution >= 0.6 is 0 Å². The number of piperazine rings is 1. The van der Waals surface area contributed by atoms with E-state index in [1.54, 1.807) is 31.5 Å². The Morgan fingerprint density at radius 3 is 2.45 bits per heavy atom. The van der Waals surface area contributed by atoms with Gasteiger partial charge in [-0.1, -0.05) is 0 Å². The SMILES string of the molecule is COc1cc(-c2ccc3c(n2)CN(c2ccc(N4CCN(C)CC4)nc2)C3=O)cnc1OC. The first-order valence-corrected chi connectivity index (χ1v) is 10.9. The number of fused-ring (bicyclic) bond motifs is 1. The van der Waals surface area contributed by atoms with Crippen LogP contribution < -0.4 is 19.3 Å². The van der Waals surface area contributed by atoms with Gasteiger partial charge in [0.2, 0.25) is 0 Å². The summed E-state index contributed by atoms with van der Waals surface area (Å²) < 4.78 is 10.6. The van der Waals surface area contributed by atoms with Crippen LogP contribution in [0.15, 0.2) is 42.7 Å². The van der Waals surface area contributed by atoms with Crippen molar-refractivity contribution in [1.82, 2.24) is 19.9 Å². The largest absolute Gasteiger partial charge is 0.491 e. The van der Waals surface area contributed by atoms with E-state index in [-0.39, 0.29) is 5.91 Å². The number of anilines is 2. The van der Waals surface area contributed by atoms with Crippen molar-refractivity contribution in [3.63, 3.8) is 0 Å². The molecule has 0 spiro atoms. The summed E-state index contributed by atoms with van der Waals surface area (Å²) in [7, 11) is 5.25. The molecule has 3 aromatic rings. The molecule has 0 atom stereocenters. The molecule has 3 aromatic heterocycles. The number of hydrogen-bond acceptors (Lipinski definition) is 8. The third kappa shape index (κ3) is 3.95. The first kappa shape index (κ1) is 21.1. The summed E-state index contributed by atoms with van der Waals surface area (Å²) in [5, 5.41) is 0. The maximum atomic E-state index is 13.0. The van der Waals surface area contributed by atoms with Gasteiger partial charge in [-0.25, -0.2) is 9.97 Å². The molecule has 1 fully saturated rings. The molecule has 5 rings (SSSR count). The highest BCUT2D eigenvalue weighted by atomic mass is 16.5. The molecule has 9 nitrogen and oxygen atoms in total. The van der Waals surface area contributed by atoms with Crippen molar-refractivity contribution in [2.45, 2.75) is 6.54 Å². The van der Waals surface area contributed by atoms with Gasteiger partial charge in [0.05, 0.1) is 49.6 Å². The molecule has 2 aliphatic heterocycles. The van der Waals surface area contributed by atoms with Crippen molar-refractivity contribution in [2.24, 2.45) is 0 Å². The van der Waals surface area contributed by atoms with E-state index in [1.807, 2.05) is 30.3 Å². The Labute approximate surface area is 192 Å². The van der Waals surface area contributed by atoms with Gasteiger partial charge in [0.25, 0.3) is 11.8 Å². The first-order valence-electron chi connectivity index (χ1n) is 10.9. The Kier molecular flexibility index (Phi) is 5.55. The van der Waals surface area contributed by atoms with Crippen molar-refractivity contribution in [1.29, 1.82) is 0 Å². The lowest BCUT2D eigenvalue weighted by Gasteiger charge is -2.33. The van der Waals surface area contributed by atoms with Gasteiger partial charge in [-0.2, -0.15) is 0 Å². The molecule has 0 N–H and O–H groups in total. The Bertz CT molecular complexity index is 1180. The number of pyridine rings is 3. The van der Waals surface area contributed by atoms with Crippen LogP contribution in [-0.4, -0.2) is 73.2 Å². The number of aromatic nitrogens is 3. The zero-order chi connectivity index (χ0) is 22.9. The lowest BCUT2D eigenvalue weighted by atomic mass is 10.1. The zero-order valence-electron chi connectivity index (χ0n) is 19.0. The number of likely N-dealkylation sites (N-methyl/N-ethyl adjacent to an activating group) is 1. The third-order valence-electron chi connectivity index (χ3n) is 6.16. The van der Waals surface area contributed by atoms with Gasteiger partial charge < -0.3 is 24.2 Å². The van der Waals surface area contributed by atoms with Crippen LogP contribution in [0.2, 0.25) is 0 Å². The Morgan fingerprint density at radius 2 is 1.76 bits per heavy atom. The first-order chi connectivity index (χ1) is 16.1. The fraction of sp³-hybridized carbons (Fsp3) is 0.333. The van der Waals surface area contributed by atoms with Gasteiger partial charge in [-0.15, -0.1) is 0 Å². The Hall–Kier alpha value is -3.72. The van der Waals surface area contributed by atoms with Crippen LogP contribution in [-0.2, 0) is 6.54 Å². The maximum absolute atomic E-state index is 13.0. The second-order valence-electron chi connectivity index (χ2n) is 8.18. The lowest BCUT2D eigenvalue weighted by molar-refractivity contribution is 0.0996. The van der Waals surface area contributed by atoms with Crippen molar-refractivity contribution in [3.8, 4) is 22.9 Å². The van der Waals surface area contributed by atoms with Crippen LogP contribution in [0, 0.1) is 0 Å². The molecule has 0 bridgehead atoms. The Balaban J connectivity index is 1.36. The number of rotatable bonds is 5. The summed E-state index contributed by atoms with van der Waals surface area (Å²) in [6.07, 6.45) is 3.46. The average Bonchev–Trinajstić information content (AvgIpc) is 3.19. The minimum Gasteiger partial charge on any atom is -0.491 e. The van der Waals surface area contributed by atoms with E-state index >= 15 is 0 Å². The van der Waals surface area contributed by atoms with Crippen LogP contribution in [0.25, 0.3) is 11.3 Å². The molecule has 5 heterocycles. The minimum absolute atomic E-state index is 0.0661. The molecule has 170 valence electrons. The van der Waals surface area contributed by atoms with Crippen molar-refractivity contribution >= 4 is 17.4 Å². The maximum Gasteiger partial charge on any atom is 0.260 e. The van der Waals surface area contributed by atoms with E-state index in [4.69, 9.17) is 14.5 Å². The quantitative estimate of drug-likeness (QED) is 0.591. The number of ether oxygens (including phenoxy) is 2. The fourth-order valence-corrected chi connectivity index (χ4v) is 4.19. The lowest BCUT2D eigenvalue weighted by Crippen LogP contribution is -2.44. The van der Waals surface area contributed by atoms with Crippen LogP contribution in [0.4, 0.5) is 11.5 Å². The molecule has 2 aliphatic rings. The van der Waals surface area contributed by atoms with Gasteiger partial charge >= 0.3 is 0 Å². The van der Waals surface area contributed by atoms with E-state index in [0.29, 0.717) is 23.7 Å². The fourth-order valence-electron chi connectivity index (χ4n) is 4.19. The molecule has 0 aliphatic carbocycles. The topological polar surface area (TPSA) is 83.9 Å². The molecule has 33 heavy (non-hydrogen) atoms. The second-order valence-corrected chi connectivity index (χ2v) is 8.18. The average molecular weight is 447 g/mol. The molecule has 0 saturated carbocycles. The molecular weight excluding hydrogens is 420 g/mol. The van der Waals surface area contributed by atoms with Gasteiger partial charge in [0.1, 0.15) is 5.82 Å². The number of methoxy groups -OCH3 is 2. The number of hydrogen-bond donors (Lipinski definition) is 0. The van der Waals surface area contributed by atoms with E-state index in [1.165, 1.54) is 0 Å². The summed E-state index contributed by atoms with van der Waals surface area (Å²) in [6.45, 7) is 4.35. The minimum atomic E-state index is -0.0661. The number of amides is 1. The smallest absolute Gasteiger partial charge is 0.260 e. The summed E-state index contributed by atoms with van der Waals surface area (Å²) in [5.41, 5.74) is 3.62. The summed E-state index contributed by atoms with van der Waals surface area (Å²) >= 11 is 0. The highest BCUT2D eigenvalue weighted by Gasteiger charge is 2.30. The highest BCUT2D eigenvalue weighted by molar-refractivity contribution is 6.09. The van der Waals surface area contributed by atoms with Crippen LogP contribution in [0.1, 0.15) is 16.1 Å². The van der Waals surface area contributed by atoms with Gasteiger partial charge in [-0.05, 0) is 37.4 Å². The predicted octanol–water partition coefficient (Wildman–Crippen LogP) is 2.47. The van der Waals surface area contributed by atoms with E-state index in [0.717, 1.165) is 54.6 Å². The van der Waals surface area contributed by atoms with Crippen LogP contribution in [0.5, 0.6) is 11.6 Å². The standard InChI is InChI=1S/C24H26N6O3/c1-28-8-10-29(11-9-28)22-7-4-17(14-25-22)30-15-20-18(24(30)31)5-6-19(27-20)16-12-21(32-2)23(33-3)26-13-16/h4-7,12-14H,8-11,15H2,1-3H3. The molecule has 9 heteroatoms. The predicted molar refractivity (Wildman–Crippen MR) is 125 cm³/mol. The van der Waals surface area contributed by atoms with Crippen molar-refractivity contribution < 1.29 is 14.3 Å². The summed E-state index contributed by atoms with van der Waals surface area (Å²) in [5.74, 6) is 1.82. The number of carbonyl (C=O) groups excluding carboxylic acids is 1. The van der Waals surface area contributed by atoms with E-state index in [2.05, 4.69) is 26.8 Å². The molecule has 1 saturated heterocycles. The molecule has 0 aromatic carbocycles. The van der Waals surface area contributed by atoms with Crippen molar-refractivity contribution in [3.05, 3.63) is 54.0 Å². The summed E-state index contributed by atoms with van der Waals surface area (Å²) in [4.78, 5) is 33.0. The number of nitrogens with zero attached hydrogens (tertiary/aromatic N) is 6. The van der Waals surface area contributed by atoms with Gasteiger partial charge in [0.15, 0.2) is 5.75 Å². The monoisotopic (exact) mass is 446 g/mol. The van der Waals surface area contributed by atoms with Gasteiger partial charge in [0, 0.05) is 37.9 Å². The number of carbonyl (C=O) groups is 1. The van der Waals surface area contributed by atoms with E-state index < -0.39 is 0 Å². The molecule has 1 amide bonds. The third-order valence-corrected chi connectivity index (χ3v) is 6.16. The molecule has 0 unspecified atom stereocenters. The van der Waals surface area contributed by atoms with E-state index in [9.17, 15) is 4.79 Å². The normalized spacial score (nSPS) is 16.2. The highest BCUT2D eigenvalue weighted by Crippen LogP contribution is 2.32. The van der Waals surface area contributed by atoms with Gasteiger partial charge in [-0.3, -0.25) is 9.78 Å². The Morgan fingerprint density at radius 1 is 0.939 bits per heavy atom. The van der Waals surface area contributed by atoms with Crippen molar-refractivity contribution in [2.75, 3.05) is 57.2 Å². The summed E-state index contributed by atoms with van der Waals surface area (Å²) in [6, 6.07) is 9.44. The molecular formula is C24H26N6O3. The van der Waals surface area contributed by atoms with Crippen LogP contribution in [0.3, 0.4) is 0 Å². The molecule has 0 radical (unpaired) electrons. The second kappa shape index (κ2) is 8.67. The zero-order valence-corrected chi connectivity index (χ0v) is 19.0.